The fourth-order valence-electron chi connectivity index (χ4n) is 2.18. The first kappa shape index (κ1) is 14.8. The standard InChI is InChI=1S/C17H18N2O2S/c1-13-18-15(12-22-13)11-21-16-6-3-2-5-14(16)7-8-17(20)19-9-4-10-19/h2-3,5-8,12H,4,9-11H2,1H3. The summed E-state index contributed by atoms with van der Waals surface area (Å²) in [5.74, 6) is 0.831. The van der Waals surface area contributed by atoms with Gasteiger partial charge in [-0.1, -0.05) is 18.2 Å². The summed E-state index contributed by atoms with van der Waals surface area (Å²) in [5, 5.41) is 3.04. The van der Waals surface area contributed by atoms with Crippen molar-refractivity contribution in [2.45, 2.75) is 20.0 Å². The van der Waals surface area contributed by atoms with Crippen molar-refractivity contribution in [2.75, 3.05) is 13.1 Å². The van der Waals surface area contributed by atoms with Crippen molar-refractivity contribution in [3.05, 3.63) is 52.0 Å². The number of hydrogen-bond donors (Lipinski definition) is 0. The monoisotopic (exact) mass is 314 g/mol. The van der Waals surface area contributed by atoms with E-state index in [4.69, 9.17) is 4.74 Å². The molecule has 5 heteroatoms. The summed E-state index contributed by atoms with van der Waals surface area (Å²) in [5.41, 5.74) is 1.83. The third kappa shape index (κ3) is 3.54. The lowest BCUT2D eigenvalue weighted by molar-refractivity contribution is -0.129. The summed E-state index contributed by atoms with van der Waals surface area (Å²) in [6.07, 6.45) is 4.54. The Kier molecular flexibility index (Phi) is 4.53. The van der Waals surface area contributed by atoms with Crippen LogP contribution in [0.4, 0.5) is 0 Å². The second-order valence-electron chi connectivity index (χ2n) is 5.20. The van der Waals surface area contributed by atoms with Gasteiger partial charge in [0, 0.05) is 30.1 Å². The second kappa shape index (κ2) is 6.75. The van der Waals surface area contributed by atoms with Gasteiger partial charge in [-0.25, -0.2) is 4.98 Å². The predicted molar refractivity (Wildman–Crippen MR) is 87.9 cm³/mol. The number of ether oxygens (including phenoxy) is 1. The van der Waals surface area contributed by atoms with E-state index in [-0.39, 0.29) is 5.91 Å². The van der Waals surface area contributed by atoms with Gasteiger partial charge in [0.15, 0.2) is 0 Å². The molecule has 4 nitrogen and oxygen atoms in total. The molecule has 0 unspecified atom stereocenters. The van der Waals surface area contributed by atoms with Gasteiger partial charge in [0.1, 0.15) is 12.4 Å². The molecule has 1 amide bonds. The van der Waals surface area contributed by atoms with E-state index < -0.39 is 0 Å². The highest BCUT2D eigenvalue weighted by Gasteiger charge is 2.17. The molecule has 2 aromatic rings. The van der Waals surface area contributed by atoms with Crippen molar-refractivity contribution in [1.29, 1.82) is 0 Å². The van der Waals surface area contributed by atoms with Crippen LogP contribution in [0.15, 0.2) is 35.7 Å². The zero-order valence-electron chi connectivity index (χ0n) is 12.5. The first-order valence-corrected chi connectivity index (χ1v) is 8.20. The maximum atomic E-state index is 11.9. The van der Waals surface area contributed by atoms with Crippen molar-refractivity contribution in [2.24, 2.45) is 0 Å². The smallest absolute Gasteiger partial charge is 0.246 e. The average Bonchev–Trinajstić information content (AvgIpc) is 2.87. The number of benzene rings is 1. The lowest BCUT2D eigenvalue weighted by Gasteiger charge is -2.29. The Morgan fingerprint density at radius 3 is 2.91 bits per heavy atom. The van der Waals surface area contributed by atoms with Crippen molar-refractivity contribution < 1.29 is 9.53 Å². The van der Waals surface area contributed by atoms with Crippen LogP contribution < -0.4 is 4.74 Å². The maximum absolute atomic E-state index is 11.9. The van der Waals surface area contributed by atoms with Crippen LogP contribution in [-0.2, 0) is 11.4 Å². The molecule has 0 radical (unpaired) electrons. The van der Waals surface area contributed by atoms with Crippen molar-refractivity contribution in [3.63, 3.8) is 0 Å². The second-order valence-corrected chi connectivity index (χ2v) is 6.26. The zero-order chi connectivity index (χ0) is 15.4. The Hall–Kier alpha value is -2.14. The third-order valence-electron chi connectivity index (χ3n) is 3.53. The Labute approximate surface area is 134 Å². The highest BCUT2D eigenvalue weighted by Crippen LogP contribution is 2.21. The van der Waals surface area contributed by atoms with E-state index in [1.165, 1.54) is 0 Å². The fourth-order valence-corrected chi connectivity index (χ4v) is 2.78. The van der Waals surface area contributed by atoms with Gasteiger partial charge in [-0.15, -0.1) is 11.3 Å². The summed E-state index contributed by atoms with van der Waals surface area (Å²) >= 11 is 1.61. The molecule has 0 aliphatic carbocycles. The number of likely N-dealkylation sites (tertiary alicyclic amines) is 1. The van der Waals surface area contributed by atoms with Crippen LogP contribution in [0.5, 0.6) is 5.75 Å². The SMILES string of the molecule is Cc1nc(COc2ccccc2C=CC(=O)N2CCC2)cs1. The van der Waals surface area contributed by atoms with E-state index in [1.54, 1.807) is 17.4 Å². The highest BCUT2D eigenvalue weighted by molar-refractivity contribution is 7.09. The van der Waals surface area contributed by atoms with Gasteiger partial charge >= 0.3 is 0 Å². The predicted octanol–water partition coefficient (Wildman–Crippen LogP) is 3.28. The van der Waals surface area contributed by atoms with Crippen molar-refractivity contribution in [1.82, 2.24) is 9.88 Å². The topological polar surface area (TPSA) is 42.4 Å². The van der Waals surface area contributed by atoms with Crippen molar-refractivity contribution >= 4 is 23.3 Å². The van der Waals surface area contributed by atoms with E-state index in [9.17, 15) is 4.79 Å². The van der Waals surface area contributed by atoms with Gasteiger partial charge in [-0.2, -0.15) is 0 Å². The Bertz CT molecular complexity index is 689. The van der Waals surface area contributed by atoms with Gasteiger partial charge in [-0.05, 0) is 25.5 Å². The summed E-state index contributed by atoms with van der Waals surface area (Å²) < 4.78 is 5.84. The maximum Gasteiger partial charge on any atom is 0.246 e. The number of para-hydroxylation sites is 1. The normalized spacial score (nSPS) is 14.1. The lowest BCUT2D eigenvalue weighted by Crippen LogP contribution is -2.40. The first-order chi connectivity index (χ1) is 10.7. The molecule has 1 aliphatic heterocycles. The molecule has 1 aromatic carbocycles. The minimum atomic E-state index is 0.0659. The number of nitrogens with zero attached hydrogens (tertiary/aromatic N) is 2. The molecular formula is C17H18N2O2S. The number of thiazole rings is 1. The Morgan fingerprint density at radius 1 is 1.41 bits per heavy atom. The molecule has 114 valence electrons. The number of carbonyl (C=O) groups is 1. The van der Waals surface area contributed by atoms with E-state index in [1.807, 2.05) is 47.5 Å². The third-order valence-corrected chi connectivity index (χ3v) is 4.36. The fraction of sp³-hybridized carbons (Fsp3) is 0.294. The van der Waals surface area contributed by atoms with Gasteiger partial charge in [0.2, 0.25) is 5.91 Å². The van der Waals surface area contributed by atoms with Crippen LogP contribution in [0.3, 0.4) is 0 Å². The van der Waals surface area contributed by atoms with Crippen LogP contribution in [0.1, 0.15) is 22.7 Å². The van der Waals surface area contributed by atoms with Crippen LogP contribution in [0.25, 0.3) is 6.08 Å². The van der Waals surface area contributed by atoms with Gasteiger partial charge in [-0.3, -0.25) is 4.79 Å². The minimum absolute atomic E-state index is 0.0659. The molecule has 1 fully saturated rings. The lowest BCUT2D eigenvalue weighted by atomic mass is 10.1. The molecule has 2 heterocycles. The van der Waals surface area contributed by atoms with Crippen LogP contribution in [0.2, 0.25) is 0 Å². The average molecular weight is 314 g/mol. The number of amides is 1. The number of rotatable bonds is 5. The summed E-state index contributed by atoms with van der Waals surface area (Å²) in [6, 6.07) is 7.72. The molecule has 1 aliphatic rings. The number of aryl methyl sites for hydroxylation is 1. The summed E-state index contributed by atoms with van der Waals surface area (Å²) in [4.78, 5) is 18.1. The molecule has 0 spiro atoms. The summed E-state index contributed by atoms with van der Waals surface area (Å²) in [6.45, 7) is 4.15. The molecular weight excluding hydrogens is 296 g/mol. The number of hydrogen-bond acceptors (Lipinski definition) is 4. The quantitative estimate of drug-likeness (QED) is 0.795. The van der Waals surface area contributed by atoms with Crippen LogP contribution in [-0.4, -0.2) is 28.9 Å². The number of carbonyl (C=O) groups excluding carboxylic acids is 1. The molecule has 3 rings (SSSR count). The van der Waals surface area contributed by atoms with Crippen LogP contribution in [0, 0.1) is 6.92 Å². The van der Waals surface area contributed by atoms with Gasteiger partial charge in [0.05, 0.1) is 10.7 Å². The number of aromatic nitrogens is 1. The highest BCUT2D eigenvalue weighted by atomic mass is 32.1. The Morgan fingerprint density at radius 2 is 2.23 bits per heavy atom. The molecule has 1 saturated heterocycles. The zero-order valence-corrected chi connectivity index (χ0v) is 13.3. The first-order valence-electron chi connectivity index (χ1n) is 7.32. The van der Waals surface area contributed by atoms with Crippen LogP contribution >= 0.6 is 11.3 Å². The van der Waals surface area contributed by atoms with E-state index in [0.29, 0.717) is 6.61 Å². The Balaban J connectivity index is 1.66. The van der Waals surface area contributed by atoms with Crippen molar-refractivity contribution in [3.8, 4) is 5.75 Å². The van der Waals surface area contributed by atoms with Gasteiger partial charge < -0.3 is 9.64 Å². The van der Waals surface area contributed by atoms with E-state index >= 15 is 0 Å². The molecule has 0 bridgehead atoms. The molecule has 0 N–H and O–H groups in total. The van der Waals surface area contributed by atoms with E-state index in [2.05, 4.69) is 4.98 Å². The minimum Gasteiger partial charge on any atom is -0.487 e. The molecule has 0 saturated carbocycles. The molecule has 1 aromatic heterocycles. The largest absolute Gasteiger partial charge is 0.487 e. The van der Waals surface area contributed by atoms with Gasteiger partial charge in [0.25, 0.3) is 0 Å². The molecule has 0 atom stereocenters. The molecule has 22 heavy (non-hydrogen) atoms. The summed E-state index contributed by atoms with van der Waals surface area (Å²) in [7, 11) is 0. The van der Waals surface area contributed by atoms with E-state index in [0.717, 1.165) is 41.5 Å².